The molecule has 1 N–H and O–H groups in total. The lowest BCUT2D eigenvalue weighted by molar-refractivity contribution is -0.113. The number of aryl methyl sites for hydroxylation is 2. The van der Waals surface area contributed by atoms with Gasteiger partial charge in [0.25, 0.3) is 0 Å². The second-order valence-electron chi connectivity index (χ2n) is 6.97. The Morgan fingerprint density at radius 1 is 1.16 bits per heavy atom. The molecule has 9 heteroatoms. The van der Waals surface area contributed by atoms with Crippen molar-refractivity contribution < 1.29 is 9.53 Å². The van der Waals surface area contributed by atoms with Gasteiger partial charge in [0.2, 0.25) is 5.91 Å². The number of hydrogen-bond acceptors (Lipinski definition) is 5. The number of anilines is 1. The fraction of sp³-hybridized carbons (Fsp3) is 0.261. The predicted molar refractivity (Wildman–Crippen MR) is 131 cm³/mol. The second kappa shape index (κ2) is 11.9. The van der Waals surface area contributed by atoms with Crippen LogP contribution in [0.5, 0.6) is 5.75 Å². The highest BCUT2D eigenvalue weighted by atomic mass is 35.5. The highest BCUT2D eigenvalue weighted by Gasteiger charge is 2.14. The van der Waals surface area contributed by atoms with E-state index in [4.69, 9.17) is 27.9 Å². The number of hydrogen-bond donors (Lipinski definition) is 1. The number of nitrogens with zero attached hydrogens (tertiary/aromatic N) is 3. The Morgan fingerprint density at radius 2 is 1.94 bits per heavy atom. The number of rotatable bonds is 11. The van der Waals surface area contributed by atoms with Crippen LogP contribution >= 0.6 is 35.0 Å². The topological polar surface area (TPSA) is 69.0 Å². The summed E-state index contributed by atoms with van der Waals surface area (Å²) in [5.74, 6) is 1.76. The zero-order valence-electron chi connectivity index (χ0n) is 17.7. The Morgan fingerprint density at radius 3 is 2.62 bits per heavy atom. The summed E-state index contributed by atoms with van der Waals surface area (Å²) in [6.45, 7) is 4.41. The van der Waals surface area contributed by atoms with E-state index in [-0.39, 0.29) is 11.7 Å². The van der Waals surface area contributed by atoms with Crippen LogP contribution in [0.25, 0.3) is 0 Å². The van der Waals surface area contributed by atoms with Crippen molar-refractivity contribution in [3.63, 3.8) is 0 Å². The number of ether oxygens (including phenoxy) is 1. The Bertz CT molecular complexity index is 1070. The van der Waals surface area contributed by atoms with Gasteiger partial charge in [-0.2, -0.15) is 0 Å². The Kier molecular flexibility index (Phi) is 9.02. The van der Waals surface area contributed by atoms with Crippen molar-refractivity contribution in [3.8, 4) is 5.75 Å². The van der Waals surface area contributed by atoms with E-state index in [1.54, 1.807) is 31.4 Å². The summed E-state index contributed by atoms with van der Waals surface area (Å²) in [6.07, 6.45) is 4.45. The molecule has 1 heterocycles. The van der Waals surface area contributed by atoms with Crippen molar-refractivity contribution in [2.75, 3.05) is 18.2 Å². The molecule has 168 valence electrons. The number of amides is 1. The van der Waals surface area contributed by atoms with E-state index in [0.29, 0.717) is 27.4 Å². The average Bonchev–Trinajstić information content (AvgIpc) is 3.17. The molecular formula is C23H24Cl2N4O2S. The third-order valence-electron chi connectivity index (χ3n) is 4.67. The number of methoxy groups -OCH3 is 1. The van der Waals surface area contributed by atoms with Gasteiger partial charge in [-0.15, -0.1) is 16.8 Å². The zero-order valence-corrected chi connectivity index (χ0v) is 20.0. The van der Waals surface area contributed by atoms with Gasteiger partial charge >= 0.3 is 0 Å². The van der Waals surface area contributed by atoms with Crippen molar-refractivity contribution in [1.82, 2.24) is 14.8 Å². The van der Waals surface area contributed by atoms with Crippen LogP contribution in [0.4, 0.5) is 5.69 Å². The van der Waals surface area contributed by atoms with Crippen LogP contribution in [0, 0.1) is 0 Å². The first-order valence-corrected chi connectivity index (χ1v) is 11.8. The number of nitrogens with one attached hydrogen (secondary N) is 1. The lowest BCUT2D eigenvalue weighted by Gasteiger charge is -2.09. The molecule has 0 saturated heterocycles. The summed E-state index contributed by atoms with van der Waals surface area (Å²) < 4.78 is 7.20. The lowest BCUT2D eigenvalue weighted by Crippen LogP contribution is -2.14. The molecule has 0 aliphatic rings. The minimum atomic E-state index is -0.164. The first-order chi connectivity index (χ1) is 15.5. The van der Waals surface area contributed by atoms with Crippen LogP contribution in [-0.2, 0) is 24.2 Å². The van der Waals surface area contributed by atoms with Gasteiger partial charge in [-0.1, -0.05) is 53.2 Å². The molecule has 0 bridgehead atoms. The van der Waals surface area contributed by atoms with E-state index in [2.05, 4.69) is 34.2 Å². The highest BCUT2D eigenvalue weighted by molar-refractivity contribution is 7.99. The fourth-order valence-electron chi connectivity index (χ4n) is 3.07. The van der Waals surface area contributed by atoms with Crippen LogP contribution in [0.15, 0.2) is 60.3 Å². The number of carbonyl (C=O) groups is 1. The third-order valence-corrected chi connectivity index (χ3v) is 6.37. The lowest BCUT2D eigenvalue weighted by atomic mass is 10.1. The van der Waals surface area contributed by atoms with E-state index in [1.165, 1.54) is 17.3 Å². The number of carbonyl (C=O) groups excluding carboxylic acids is 1. The van der Waals surface area contributed by atoms with E-state index in [9.17, 15) is 4.79 Å². The summed E-state index contributed by atoms with van der Waals surface area (Å²) >= 11 is 13.2. The van der Waals surface area contributed by atoms with Crippen molar-refractivity contribution in [2.24, 2.45) is 0 Å². The summed E-state index contributed by atoms with van der Waals surface area (Å²) in [5, 5.41) is 12.9. The minimum Gasteiger partial charge on any atom is -0.497 e. The fourth-order valence-corrected chi connectivity index (χ4v) is 4.13. The smallest absolute Gasteiger partial charge is 0.234 e. The van der Waals surface area contributed by atoms with E-state index in [1.807, 2.05) is 16.7 Å². The van der Waals surface area contributed by atoms with Gasteiger partial charge in [0.15, 0.2) is 5.16 Å². The largest absolute Gasteiger partial charge is 0.497 e. The van der Waals surface area contributed by atoms with Crippen LogP contribution in [-0.4, -0.2) is 33.5 Å². The van der Waals surface area contributed by atoms with Gasteiger partial charge in [0.1, 0.15) is 11.6 Å². The molecule has 0 radical (unpaired) electrons. The van der Waals surface area contributed by atoms with Crippen molar-refractivity contribution >= 4 is 46.6 Å². The van der Waals surface area contributed by atoms with Gasteiger partial charge in [-0.3, -0.25) is 4.79 Å². The van der Waals surface area contributed by atoms with E-state index >= 15 is 0 Å². The zero-order chi connectivity index (χ0) is 22.9. The molecule has 0 unspecified atom stereocenters. The van der Waals surface area contributed by atoms with Crippen LogP contribution in [0.3, 0.4) is 0 Å². The van der Waals surface area contributed by atoms with Crippen molar-refractivity contribution in [1.29, 1.82) is 0 Å². The molecule has 0 aliphatic heterocycles. The molecule has 0 spiro atoms. The normalized spacial score (nSPS) is 10.7. The van der Waals surface area contributed by atoms with Gasteiger partial charge in [0, 0.05) is 18.7 Å². The Labute approximate surface area is 202 Å². The molecule has 0 fully saturated rings. The number of allylic oxidation sites excluding steroid dienone is 1. The van der Waals surface area contributed by atoms with Crippen molar-refractivity contribution in [2.45, 2.75) is 31.0 Å². The van der Waals surface area contributed by atoms with Gasteiger partial charge in [0.05, 0.1) is 22.9 Å². The van der Waals surface area contributed by atoms with Gasteiger partial charge < -0.3 is 14.6 Å². The SMILES string of the molecule is C=CCn1c(CCCc2ccc(OC)cc2)nnc1SCC(=O)Nc1ccc(Cl)c(Cl)c1. The number of aromatic nitrogens is 3. The molecule has 1 aromatic heterocycles. The summed E-state index contributed by atoms with van der Waals surface area (Å²) in [4.78, 5) is 12.3. The molecule has 6 nitrogen and oxygen atoms in total. The summed E-state index contributed by atoms with van der Waals surface area (Å²) in [6, 6.07) is 13.0. The molecule has 3 rings (SSSR count). The molecule has 1 amide bonds. The van der Waals surface area contributed by atoms with Crippen molar-refractivity contribution in [3.05, 3.63) is 76.6 Å². The summed E-state index contributed by atoms with van der Waals surface area (Å²) in [5.41, 5.74) is 1.84. The van der Waals surface area contributed by atoms with Crippen LogP contribution < -0.4 is 10.1 Å². The molecule has 0 aliphatic carbocycles. The number of benzene rings is 2. The first kappa shape index (κ1) is 24.2. The maximum absolute atomic E-state index is 12.3. The highest BCUT2D eigenvalue weighted by Crippen LogP contribution is 2.25. The molecule has 2 aromatic carbocycles. The molecule has 3 aromatic rings. The average molecular weight is 491 g/mol. The Hall–Kier alpha value is -2.48. The van der Waals surface area contributed by atoms with E-state index < -0.39 is 0 Å². The third kappa shape index (κ3) is 6.76. The molecule has 0 atom stereocenters. The first-order valence-electron chi connectivity index (χ1n) is 10.0. The maximum atomic E-state index is 12.3. The summed E-state index contributed by atoms with van der Waals surface area (Å²) in [7, 11) is 1.66. The van der Waals surface area contributed by atoms with Crippen LogP contribution in [0.1, 0.15) is 17.8 Å². The van der Waals surface area contributed by atoms with Gasteiger partial charge in [-0.05, 0) is 48.7 Å². The quantitative estimate of drug-likeness (QED) is 0.276. The second-order valence-corrected chi connectivity index (χ2v) is 8.72. The molecule has 32 heavy (non-hydrogen) atoms. The standard InChI is InChI=1S/C23H24Cl2N4O2S/c1-3-13-29-21(6-4-5-16-7-10-18(31-2)11-8-16)27-28-23(29)32-15-22(30)26-17-9-12-19(24)20(25)14-17/h3,7-12,14H,1,4-6,13,15H2,2H3,(H,26,30). The van der Waals surface area contributed by atoms with Crippen LogP contribution in [0.2, 0.25) is 10.0 Å². The number of halogens is 2. The minimum absolute atomic E-state index is 0.164. The molecular weight excluding hydrogens is 467 g/mol. The number of thioether (sulfide) groups is 1. The predicted octanol–water partition coefficient (Wildman–Crippen LogP) is 5.69. The van der Waals surface area contributed by atoms with E-state index in [0.717, 1.165) is 30.8 Å². The van der Waals surface area contributed by atoms with Gasteiger partial charge in [-0.25, -0.2) is 0 Å². The monoisotopic (exact) mass is 490 g/mol. The maximum Gasteiger partial charge on any atom is 0.234 e. The Balaban J connectivity index is 1.55. The molecule has 0 saturated carbocycles.